The molecule has 7 heteroatoms. The van der Waals surface area contributed by atoms with Crippen molar-refractivity contribution in [3.8, 4) is 0 Å². The van der Waals surface area contributed by atoms with Gasteiger partial charge in [-0.15, -0.1) is 0 Å². The maximum atomic E-state index is 12.6. The highest BCUT2D eigenvalue weighted by Crippen LogP contribution is 2.03. The maximum Gasteiger partial charge on any atom is 0.251 e. The van der Waals surface area contributed by atoms with Gasteiger partial charge in [0.1, 0.15) is 6.54 Å². The van der Waals surface area contributed by atoms with Gasteiger partial charge in [-0.05, 0) is 19.1 Å². The minimum atomic E-state index is -0.304. The Morgan fingerprint density at radius 1 is 1.03 bits per heavy atom. The van der Waals surface area contributed by atoms with Crippen LogP contribution in [0.15, 0.2) is 54.6 Å². The van der Waals surface area contributed by atoms with E-state index in [1.165, 1.54) is 20.9 Å². The smallest absolute Gasteiger partial charge is 0.251 e. The van der Waals surface area contributed by atoms with Crippen LogP contribution in [0.25, 0.3) is 0 Å². The van der Waals surface area contributed by atoms with Crippen molar-refractivity contribution in [3.63, 3.8) is 0 Å². The van der Waals surface area contributed by atoms with Gasteiger partial charge in [-0.1, -0.05) is 48.0 Å². The van der Waals surface area contributed by atoms with Crippen molar-refractivity contribution >= 4 is 17.7 Å². The molecule has 2 aromatic carbocycles. The number of nitrogens with one attached hydrogen (secondary N) is 2. The maximum absolute atomic E-state index is 12.6. The van der Waals surface area contributed by atoms with Crippen LogP contribution in [0.2, 0.25) is 0 Å². The van der Waals surface area contributed by atoms with Gasteiger partial charge in [-0.25, -0.2) is 0 Å². The summed E-state index contributed by atoms with van der Waals surface area (Å²) >= 11 is 0. The summed E-state index contributed by atoms with van der Waals surface area (Å²) in [5.74, 6) is -0.650. The predicted molar refractivity (Wildman–Crippen MR) is 119 cm³/mol. The highest BCUT2D eigenvalue weighted by atomic mass is 16.2. The van der Waals surface area contributed by atoms with Crippen molar-refractivity contribution in [1.29, 1.82) is 0 Å². The molecule has 0 bridgehead atoms. The van der Waals surface area contributed by atoms with E-state index in [0.717, 1.165) is 19.6 Å². The van der Waals surface area contributed by atoms with Crippen LogP contribution in [0.5, 0.6) is 0 Å². The van der Waals surface area contributed by atoms with Gasteiger partial charge >= 0.3 is 0 Å². The molecule has 3 rings (SSSR count). The molecule has 31 heavy (non-hydrogen) atoms. The molecule has 0 atom stereocenters. The van der Waals surface area contributed by atoms with E-state index in [0.29, 0.717) is 18.7 Å². The number of piperazine rings is 1. The molecule has 3 amide bonds. The summed E-state index contributed by atoms with van der Waals surface area (Å²) in [7, 11) is 1.59. The number of nitrogens with zero attached hydrogens (tertiary/aromatic N) is 2. The number of amides is 3. The van der Waals surface area contributed by atoms with E-state index in [1.54, 1.807) is 31.3 Å². The molecule has 1 saturated heterocycles. The summed E-state index contributed by atoms with van der Waals surface area (Å²) in [6, 6.07) is 17.3. The van der Waals surface area contributed by atoms with Crippen molar-refractivity contribution < 1.29 is 19.3 Å². The second-order valence-corrected chi connectivity index (χ2v) is 8.10. The van der Waals surface area contributed by atoms with Crippen molar-refractivity contribution in [2.45, 2.75) is 13.5 Å². The lowest BCUT2D eigenvalue weighted by Crippen LogP contribution is -3.13. The van der Waals surface area contributed by atoms with Crippen LogP contribution in [0, 0.1) is 6.92 Å². The van der Waals surface area contributed by atoms with E-state index < -0.39 is 0 Å². The lowest BCUT2D eigenvalue weighted by molar-refractivity contribution is -0.917. The predicted octanol–water partition coefficient (Wildman–Crippen LogP) is 0.111. The molecule has 0 aromatic heterocycles. The Balaban J connectivity index is 1.39. The zero-order chi connectivity index (χ0) is 22.2. The van der Waals surface area contributed by atoms with Crippen LogP contribution in [0.4, 0.5) is 0 Å². The summed E-state index contributed by atoms with van der Waals surface area (Å²) in [4.78, 5) is 41.7. The van der Waals surface area contributed by atoms with Crippen LogP contribution in [0.1, 0.15) is 21.5 Å². The number of benzene rings is 2. The summed E-state index contributed by atoms with van der Waals surface area (Å²) in [5.41, 5.74) is 3.08. The van der Waals surface area contributed by atoms with Crippen molar-refractivity contribution in [2.75, 3.05) is 46.3 Å². The number of quaternary nitrogens is 1. The highest BCUT2D eigenvalue weighted by Gasteiger charge is 2.25. The fourth-order valence-corrected chi connectivity index (χ4v) is 3.73. The number of carbonyl (C=O) groups excluding carboxylic acids is 3. The number of hydrogen-bond donors (Lipinski definition) is 2. The Kier molecular flexibility index (Phi) is 7.78. The number of carbonyl (C=O) groups is 3. The fourth-order valence-electron chi connectivity index (χ4n) is 3.73. The molecule has 0 saturated carbocycles. The van der Waals surface area contributed by atoms with E-state index in [-0.39, 0.29) is 30.8 Å². The van der Waals surface area contributed by atoms with Crippen LogP contribution < -0.4 is 10.2 Å². The first kappa shape index (κ1) is 22.5. The van der Waals surface area contributed by atoms with Gasteiger partial charge in [0.15, 0.2) is 0 Å². The lowest BCUT2D eigenvalue weighted by Gasteiger charge is -2.33. The third-order valence-corrected chi connectivity index (χ3v) is 5.59. The molecule has 0 radical (unpaired) electrons. The molecule has 164 valence electrons. The van der Waals surface area contributed by atoms with Crippen molar-refractivity contribution in [1.82, 2.24) is 15.1 Å². The van der Waals surface area contributed by atoms with Crippen molar-refractivity contribution in [3.05, 3.63) is 71.3 Å². The van der Waals surface area contributed by atoms with Gasteiger partial charge in [0.05, 0.1) is 39.3 Å². The first-order valence-corrected chi connectivity index (χ1v) is 10.7. The first-order valence-electron chi connectivity index (χ1n) is 10.7. The van der Waals surface area contributed by atoms with Gasteiger partial charge in [-0.2, -0.15) is 0 Å². The monoisotopic (exact) mass is 423 g/mol. The normalized spacial score (nSPS) is 14.2. The largest absolute Gasteiger partial charge is 0.343 e. The first-order chi connectivity index (χ1) is 14.9. The van der Waals surface area contributed by atoms with Crippen LogP contribution >= 0.6 is 0 Å². The van der Waals surface area contributed by atoms with Crippen molar-refractivity contribution in [2.24, 2.45) is 0 Å². The number of likely N-dealkylation sites (N-methyl/N-ethyl adjacent to an activating group) is 1. The highest BCUT2D eigenvalue weighted by molar-refractivity contribution is 5.96. The molecule has 1 aliphatic rings. The van der Waals surface area contributed by atoms with Gasteiger partial charge < -0.3 is 20.0 Å². The molecule has 1 aliphatic heterocycles. The number of rotatable bonds is 7. The Bertz CT molecular complexity index is 908. The zero-order valence-electron chi connectivity index (χ0n) is 18.3. The van der Waals surface area contributed by atoms with E-state index in [2.05, 4.69) is 36.5 Å². The second kappa shape index (κ2) is 10.7. The Morgan fingerprint density at radius 2 is 1.74 bits per heavy atom. The molecule has 0 spiro atoms. The molecular formula is C24H31N4O3+. The van der Waals surface area contributed by atoms with Crippen LogP contribution in [-0.2, 0) is 16.1 Å². The van der Waals surface area contributed by atoms with Gasteiger partial charge in [-0.3, -0.25) is 14.4 Å². The number of aryl methyl sites for hydroxylation is 1. The summed E-state index contributed by atoms with van der Waals surface area (Å²) < 4.78 is 0. The molecule has 1 heterocycles. The lowest BCUT2D eigenvalue weighted by atomic mass is 10.1. The quantitative estimate of drug-likeness (QED) is 0.664. The van der Waals surface area contributed by atoms with E-state index >= 15 is 0 Å². The average Bonchev–Trinajstić information content (AvgIpc) is 2.78. The van der Waals surface area contributed by atoms with Crippen LogP contribution in [0.3, 0.4) is 0 Å². The molecule has 0 aliphatic carbocycles. The summed E-state index contributed by atoms with van der Waals surface area (Å²) in [6.45, 7) is 6.11. The average molecular weight is 424 g/mol. The van der Waals surface area contributed by atoms with Crippen LogP contribution in [-0.4, -0.2) is 73.8 Å². The van der Waals surface area contributed by atoms with E-state index in [4.69, 9.17) is 0 Å². The van der Waals surface area contributed by atoms with E-state index in [9.17, 15) is 14.4 Å². The van der Waals surface area contributed by atoms with Gasteiger partial charge in [0.25, 0.3) is 5.91 Å². The zero-order valence-corrected chi connectivity index (χ0v) is 18.3. The topological polar surface area (TPSA) is 74.2 Å². The Morgan fingerprint density at radius 3 is 2.42 bits per heavy atom. The van der Waals surface area contributed by atoms with Gasteiger partial charge in [0, 0.05) is 18.2 Å². The third-order valence-electron chi connectivity index (χ3n) is 5.59. The SMILES string of the molecule is Cc1cccc(C[NH+]2CCN(C(=O)CN(C)C(=O)CNC(=O)c3ccccc3)CC2)c1. The molecule has 2 N–H and O–H groups in total. The molecular weight excluding hydrogens is 392 g/mol. The minimum Gasteiger partial charge on any atom is -0.343 e. The molecule has 2 aromatic rings. The Labute approximate surface area is 183 Å². The Hall–Kier alpha value is -3.19. The third kappa shape index (κ3) is 6.65. The number of hydrogen-bond acceptors (Lipinski definition) is 3. The van der Waals surface area contributed by atoms with Gasteiger partial charge in [0.2, 0.25) is 11.8 Å². The summed E-state index contributed by atoms with van der Waals surface area (Å²) in [6.07, 6.45) is 0. The molecule has 1 fully saturated rings. The van der Waals surface area contributed by atoms with E-state index in [1.807, 2.05) is 11.0 Å². The molecule has 7 nitrogen and oxygen atoms in total. The fraction of sp³-hybridized carbons (Fsp3) is 0.375. The standard InChI is InChI=1S/C24H30N4O3/c1-19-7-6-8-20(15-19)17-27-11-13-28(14-12-27)23(30)18-26(2)22(29)16-25-24(31)21-9-4-3-5-10-21/h3-10,15H,11-14,16-18H2,1-2H3,(H,25,31)/p+1. The molecule has 0 unspecified atom stereocenters. The summed E-state index contributed by atoms with van der Waals surface area (Å²) in [5, 5.41) is 2.61. The minimum absolute atomic E-state index is 0.0211. The second-order valence-electron chi connectivity index (χ2n) is 8.10.